The van der Waals surface area contributed by atoms with Gasteiger partial charge in [0, 0.05) is 30.3 Å². The van der Waals surface area contributed by atoms with Crippen molar-refractivity contribution < 1.29 is 19.1 Å². The van der Waals surface area contributed by atoms with Crippen molar-refractivity contribution in [2.45, 2.75) is 25.4 Å². The van der Waals surface area contributed by atoms with Crippen LogP contribution in [0.4, 0.5) is 5.69 Å². The summed E-state index contributed by atoms with van der Waals surface area (Å²) in [5, 5.41) is 3.02. The van der Waals surface area contributed by atoms with E-state index in [1.165, 1.54) is 0 Å². The number of methoxy groups -OCH3 is 2. The molecule has 0 saturated carbocycles. The second-order valence-corrected chi connectivity index (χ2v) is 7.98. The van der Waals surface area contributed by atoms with Gasteiger partial charge in [-0.3, -0.25) is 14.5 Å². The summed E-state index contributed by atoms with van der Waals surface area (Å²) in [5.74, 6) is 0.946. The Labute approximate surface area is 187 Å². The van der Waals surface area contributed by atoms with E-state index in [1.807, 2.05) is 67.6 Å². The van der Waals surface area contributed by atoms with Crippen LogP contribution in [0.5, 0.6) is 11.5 Å². The molecule has 6 nitrogen and oxygen atoms in total. The molecular formula is C26H26N2O4. The first-order valence-electron chi connectivity index (χ1n) is 10.4. The highest BCUT2D eigenvalue weighted by atomic mass is 16.5. The average molecular weight is 431 g/mol. The van der Waals surface area contributed by atoms with Gasteiger partial charge in [-0.15, -0.1) is 0 Å². The number of hydrogen-bond donors (Lipinski definition) is 1. The third-order valence-electron chi connectivity index (χ3n) is 5.89. The summed E-state index contributed by atoms with van der Waals surface area (Å²) in [7, 11) is 3.19. The third-order valence-corrected chi connectivity index (χ3v) is 5.89. The number of nitrogens with one attached hydrogen (secondary N) is 1. The number of ether oxygens (including phenoxy) is 2. The van der Waals surface area contributed by atoms with E-state index in [2.05, 4.69) is 5.32 Å². The second kappa shape index (κ2) is 8.75. The molecule has 1 aliphatic heterocycles. The molecule has 1 heterocycles. The second-order valence-electron chi connectivity index (χ2n) is 7.98. The fourth-order valence-corrected chi connectivity index (χ4v) is 4.13. The zero-order valence-electron chi connectivity index (χ0n) is 18.4. The highest BCUT2D eigenvalue weighted by Gasteiger charge is 2.47. The summed E-state index contributed by atoms with van der Waals surface area (Å²) >= 11 is 0. The van der Waals surface area contributed by atoms with E-state index in [1.54, 1.807) is 31.3 Å². The molecular weight excluding hydrogens is 404 g/mol. The minimum atomic E-state index is -1.11. The van der Waals surface area contributed by atoms with Gasteiger partial charge in [-0.05, 0) is 48.4 Å². The Bertz CT molecular complexity index is 1140. The lowest BCUT2D eigenvalue weighted by Gasteiger charge is -2.44. The Morgan fingerprint density at radius 2 is 1.69 bits per heavy atom. The van der Waals surface area contributed by atoms with Crippen molar-refractivity contribution >= 4 is 17.5 Å². The molecule has 0 bridgehead atoms. The fraction of sp³-hybridized carbons (Fsp3) is 0.231. The van der Waals surface area contributed by atoms with Crippen LogP contribution in [0.25, 0.3) is 0 Å². The summed E-state index contributed by atoms with van der Waals surface area (Å²) in [6.07, 6.45) is 0.403. The first-order valence-corrected chi connectivity index (χ1v) is 10.4. The number of anilines is 1. The molecule has 6 heteroatoms. The lowest BCUT2D eigenvalue weighted by molar-refractivity contribution is -0.126. The lowest BCUT2D eigenvalue weighted by Crippen LogP contribution is -2.63. The van der Waals surface area contributed by atoms with E-state index in [0.29, 0.717) is 30.0 Å². The van der Waals surface area contributed by atoms with Gasteiger partial charge in [-0.2, -0.15) is 0 Å². The summed E-state index contributed by atoms with van der Waals surface area (Å²) in [4.78, 5) is 28.7. The van der Waals surface area contributed by atoms with E-state index in [4.69, 9.17) is 9.47 Å². The molecule has 3 aromatic carbocycles. The molecule has 1 atom stereocenters. The van der Waals surface area contributed by atoms with Crippen LogP contribution >= 0.6 is 0 Å². The first-order chi connectivity index (χ1) is 15.5. The summed E-state index contributed by atoms with van der Waals surface area (Å²) in [6, 6.07) is 22.2. The molecule has 164 valence electrons. The van der Waals surface area contributed by atoms with Gasteiger partial charge in [0.15, 0.2) is 0 Å². The molecule has 3 aromatic rings. The van der Waals surface area contributed by atoms with Crippen molar-refractivity contribution in [2.24, 2.45) is 0 Å². The first kappa shape index (κ1) is 21.4. The molecule has 0 fully saturated rings. The highest BCUT2D eigenvalue weighted by molar-refractivity contribution is 6.14. The van der Waals surface area contributed by atoms with Gasteiger partial charge < -0.3 is 14.8 Å². The molecule has 0 aromatic heterocycles. The summed E-state index contributed by atoms with van der Waals surface area (Å²) in [5.41, 5.74) is 1.92. The third kappa shape index (κ3) is 3.91. The van der Waals surface area contributed by atoms with Crippen LogP contribution in [0.2, 0.25) is 0 Å². The van der Waals surface area contributed by atoms with Gasteiger partial charge in [0.2, 0.25) is 5.91 Å². The van der Waals surface area contributed by atoms with E-state index in [0.717, 1.165) is 16.9 Å². The monoisotopic (exact) mass is 430 g/mol. The molecule has 0 aliphatic carbocycles. The Kier molecular flexibility index (Phi) is 5.86. The van der Waals surface area contributed by atoms with Crippen LogP contribution in [-0.2, 0) is 17.8 Å². The predicted octanol–water partition coefficient (Wildman–Crippen LogP) is 3.98. The number of carbonyl (C=O) groups excluding carboxylic acids is 2. The lowest BCUT2D eigenvalue weighted by atomic mass is 9.82. The normalized spacial score (nSPS) is 17.5. The molecule has 2 amide bonds. The van der Waals surface area contributed by atoms with Crippen LogP contribution in [0, 0.1) is 0 Å². The SMILES string of the molecule is COc1ccc(CNC(=O)[C@@]2(C)Cc3ccccc3C(=O)N2c2cccc(OC)c2)cc1. The van der Waals surface area contributed by atoms with Crippen molar-refractivity contribution in [1.82, 2.24) is 5.32 Å². The summed E-state index contributed by atoms with van der Waals surface area (Å²) in [6.45, 7) is 2.16. The topological polar surface area (TPSA) is 67.9 Å². The van der Waals surface area contributed by atoms with Crippen molar-refractivity contribution in [3.8, 4) is 11.5 Å². The van der Waals surface area contributed by atoms with E-state index >= 15 is 0 Å². The minimum Gasteiger partial charge on any atom is -0.497 e. The van der Waals surface area contributed by atoms with Crippen LogP contribution in [0.1, 0.15) is 28.4 Å². The molecule has 4 rings (SSSR count). The smallest absolute Gasteiger partial charge is 0.259 e. The van der Waals surface area contributed by atoms with Crippen LogP contribution in [0.15, 0.2) is 72.8 Å². The van der Waals surface area contributed by atoms with Crippen LogP contribution in [0.3, 0.4) is 0 Å². The van der Waals surface area contributed by atoms with Gasteiger partial charge >= 0.3 is 0 Å². The van der Waals surface area contributed by atoms with E-state index < -0.39 is 5.54 Å². The number of nitrogens with zero attached hydrogens (tertiary/aromatic N) is 1. The van der Waals surface area contributed by atoms with Gasteiger partial charge in [0.1, 0.15) is 17.0 Å². The van der Waals surface area contributed by atoms with Crippen LogP contribution < -0.4 is 19.7 Å². The number of carbonyl (C=O) groups is 2. The Morgan fingerprint density at radius 1 is 0.969 bits per heavy atom. The molecule has 1 aliphatic rings. The van der Waals surface area contributed by atoms with E-state index in [-0.39, 0.29) is 11.8 Å². The number of fused-ring (bicyclic) bond motifs is 1. The predicted molar refractivity (Wildman–Crippen MR) is 123 cm³/mol. The number of rotatable bonds is 6. The highest BCUT2D eigenvalue weighted by Crippen LogP contribution is 2.36. The maximum atomic E-state index is 13.6. The fourth-order valence-electron chi connectivity index (χ4n) is 4.13. The molecule has 0 radical (unpaired) electrons. The Balaban J connectivity index is 1.68. The van der Waals surface area contributed by atoms with Crippen molar-refractivity contribution in [3.05, 3.63) is 89.5 Å². The quantitative estimate of drug-likeness (QED) is 0.642. The minimum absolute atomic E-state index is 0.206. The standard InChI is InChI=1S/C26H26N2O4/c1-26(25(30)27-17-18-11-13-21(31-2)14-12-18)16-19-7-4-5-10-23(19)24(29)28(26)20-8-6-9-22(15-20)32-3/h4-15H,16-17H2,1-3H3,(H,27,30)/t26-/m1/s1. The number of benzene rings is 3. The Hall–Kier alpha value is -3.80. The average Bonchev–Trinajstić information content (AvgIpc) is 2.83. The molecule has 0 spiro atoms. The summed E-state index contributed by atoms with van der Waals surface area (Å²) < 4.78 is 10.5. The molecule has 0 unspecified atom stereocenters. The molecule has 32 heavy (non-hydrogen) atoms. The number of hydrogen-bond acceptors (Lipinski definition) is 4. The van der Waals surface area contributed by atoms with Crippen molar-refractivity contribution in [2.75, 3.05) is 19.1 Å². The number of amides is 2. The van der Waals surface area contributed by atoms with Gasteiger partial charge in [0.05, 0.1) is 14.2 Å². The molecule has 0 saturated heterocycles. The van der Waals surface area contributed by atoms with Gasteiger partial charge in [-0.25, -0.2) is 0 Å². The molecule has 1 N–H and O–H groups in total. The zero-order valence-corrected chi connectivity index (χ0v) is 18.4. The van der Waals surface area contributed by atoms with Crippen molar-refractivity contribution in [3.63, 3.8) is 0 Å². The Morgan fingerprint density at radius 3 is 2.41 bits per heavy atom. The van der Waals surface area contributed by atoms with Crippen LogP contribution in [-0.4, -0.2) is 31.6 Å². The van der Waals surface area contributed by atoms with Crippen molar-refractivity contribution in [1.29, 1.82) is 0 Å². The van der Waals surface area contributed by atoms with Gasteiger partial charge in [-0.1, -0.05) is 36.4 Å². The largest absolute Gasteiger partial charge is 0.497 e. The van der Waals surface area contributed by atoms with Gasteiger partial charge in [0.25, 0.3) is 5.91 Å². The zero-order chi connectivity index (χ0) is 22.7. The maximum absolute atomic E-state index is 13.6. The van der Waals surface area contributed by atoms with E-state index in [9.17, 15) is 9.59 Å². The maximum Gasteiger partial charge on any atom is 0.259 e.